The molecule has 0 bridgehead atoms. The number of carbonyl (C=O) groups excluding carboxylic acids is 6. The van der Waals surface area contributed by atoms with Crippen molar-refractivity contribution in [3.63, 3.8) is 0 Å². The van der Waals surface area contributed by atoms with E-state index in [1.165, 1.54) is 37.4 Å². The maximum Gasteiger partial charge on any atom is 1.00 e. The summed E-state index contributed by atoms with van der Waals surface area (Å²) in [6.45, 7) is 37.4. The van der Waals surface area contributed by atoms with Crippen molar-refractivity contribution in [1.29, 1.82) is 0 Å². The van der Waals surface area contributed by atoms with Crippen LogP contribution in [-0.4, -0.2) is 235 Å². The van der Waals surface area contributed by atoms with E-state index < -0.39 is 28.8 Å². The smallest absolute Gasteiger partial charge is 1.00 e. The van der Waals surface area contributed by atoms with E-state index in [2.05, 4.69) is 43.9 Å². The molecule has 6 fully saturated rings. The number of ether oxygens (including phenoxy) is 12. The summed E-state index contributed by atoms with van der Waals surface area (Å²) in [5.41, 5.74) is 4.19. The number of hydrogen-bond acceptors (Lipinski definition) is 24. The minimum absolute atomic E-state index is 0. The number of halogens is 5. The van der Waals surface area contributed by atoms with Gasteiger partial charge in [0.15, 0.2) is 53.9 Å². The van der Waals surface area contributed by atoms with E-state index in [0.717, 1.165) is 113 Å². The van der Waals surface area contributed by atoms with Crippen molar-refractivity contribution in [3.05, 3.63) is 164 Å². The Morgan fingerprint density at radius 1 is 0.481 bits per heavy atom. The normalized spacial score (nSPS) is 20.1. The topological polar surface area (TPSA) is 298 Å². The van der Waals surface area contributed by atoms with Crippen LogP contribution in [0.25, 0.3) is 0 Å². The molecular weight excluding hydrogens is 1770 g/mol. The fourth-order valence-electron chi connectivity index (χ4n) is 16.3. The van der Waals surface area contributed by atoms with Gasteiger partial charge < -0.3 is 78.7 Å². The van der Waals surface area contributed by atoms with E-state index in [-0.39, 0.29) is 165 Å². The van der Waals surface area contributed by atoms with Gasteiger partial charge in [-0.1, -0.05) is 103 Å². The van der Waals surface area contributed by atoms with Crippen molar-refractivity contribution in [2.45, 2.75) is 304 Å². The second kappa shape index (κ2) is 62.7. The molecule has 5 aromatic rings. The number of likely N-dealkylation sites (tertiary alicyclic amines) is 2. The van der Waals surface area contributed by atoms with Gasteiger partial charge in [-0.15, -0.1) is 11.6 Å². The summed E-state index contributed by atoms with van der Waals surface area (Å²) in [4.78, 5) is 86.1. The molecule has 129 heavy (non-hydrogen) atoms. The fourth-order valence-corrected chi connectivity index (χ4v) is 16.9. The number of amides is 1. The first kappa shape index (κ1) is 118. The molecule has 3 aliphatic carbocycles. The van der Waals surface area contributed by atoms with Crippen LogP contribution in [0, 0.1) is 17.8 Å². The number of aliphatic hydroxyl groups excluding tert-OH is 2. The van der Waals surface area contributed by atoms with E-state index in [1.54, 1.807) is 75.2 Å². The van der Waals surface area contributed by atoms with Crippen LogP contribution in [0.2, 0.25) is 15.1 Å². The third-order valence-corrected chi connectivity index (χ3v) is 24.1. The molecule has 0 spiro atoms. The van der Waals surface area contributed by atoms with Crippen molar-refractivity contribution in [3.8, 4) is 0 Å². The van der Waals surface area contributed by atoms with Crippen LogP contribution in [0.4, 0.5) is 0 Å². The molecule has 25 nitrogen and oxygen atoms in total. The first-order chi connectivity index (χ1) is 60.7. The predicted molar refractivity (Wildman–Crippen MR) is 507 cm³/mol. The number of nitrogens with zero attached hydrogens (tertiary/aromatic N) is 4. The van der Waals surface area contributed by atoms with E-state index in [4.69, 9.17) is 108 Å². The van der Waals surface area contributed by atoms with Crippen molar-refractivity contribution >= 4 is 110 Å². The molecule has 3 saturated carbocycles. The fraction of sp³-hybridized carbons (Fsp3) is 0.649. The standard InChI is InChI=1S/C25H36ClNO5.C22H34ClNO3.C14H27NO4.C14H21NO4.C11H10Cl2O.C10H13NO3.CH3Cl.Al.Li.4H/c1-5-30-18(4)31-16-19-8-6-15-27(22(19)23(28)32-17(2)3)24(29)25(13-7-14-25)20-9-11-21(26)12-10-20;1-3-26-17(2)27-15-18-6-4-13-24(21(18)14-25)16-22(11-5-12-22)19-7-9-20(23)10-8-19;2*1-5-17-11(4)18-9-12-7-6-8-15-13(12)14(16)19-10(2)3;12-9-4-2-8(3-5-9)11(10(13)14)6-1-7-11;1-7(2)14-10(13)9-8(6-12)4-3-5-11-9;1-2;;;;;;/h9-12,17-19,22H,5-8,13-16H2,1-4H3;7-10,17-18,21,25H,3-6,11-16H2,1-2H3;10-13,15H,5-9H2,1-4H3;6-8,10-11H,5,9H2,1-4H3;2-5H,1,6-7H2;3-5,7,12H,6H2,1-2H3;1H3;;;;;;/q;;;;;;;;+1;;;;-1/t18?,19-,22-;17?,18-,21+;11?,12-,13-;;;;;;;;;;/m000........../s1. The number of aliphatic hydroxyl groups is 2. The Labute approximate surface area is 816 Å². The van der Waals surface area contributed by atoms with Gasteiger partial charge in [0.25, 0.3) is 0 Å². The van der Waals surface area contributed by atoms with Crippen molar-refractivity contribution in [1.82, 2.24) is 25.1 Å². The van der Waals surface area contributed by atoms with Gasteiger partial charge >= 0.3 is 42.7 Å². The van der Waals surface area contributed by atoms with E-state index in [0.29, 0.717) is 85.6 Å². The zero-order valence-electron chi connectivity index (χ0n) is 79.9. The minimum atomic E-state index is -0.655. The molecule has 11 rings (SSSR count). The molecule has 3 aliphatic heterocycles. The second-order valence-corrected chi connectivity index (χ2v) is 35.2. The number of aromatic nitrogens is 2. The molecule has 6 aliphatic rings. The molecule has 10 atom stereocenters. The molecular formula is C97H148AlCl5LiN5O20. The summed E-state index contributed by atoms with van der Waals surface area (Å²) in [7, 11) is 0. The van der Waals surface area contributed by atoms with Crippen LogP contribution in [-0.2, 0) is 105 Å². The molecule has 2 aromatic heterocycles. The SMILES string of the molecule is CC(C)OC(=O)c1ncccc1CO.CCOC(C)OC[C@@H]1CCCN(C(=O)C2(c3ccc(Cl)cc3)CCC2)[C@@H]1C(=O)OC(C)C.CCOC(C)OC[C@@H]1CCCN(CC2(c3ccc(Cl)cc3)CCC2)[C@@H]1CO.CCOC(C)OC[C@@H]1CCCN[C@@H]1C(=O)OC(C)C.CCOC(C)OCc1cccnc1C(=O)OC(C)C.CCl.O=C(Cl)C1(c2ccc(Cl)cc2)CCC1.[AlH3].[H-].[Li+]. The maximum absolute atomic E-state index is 14.0. The third-order valence-electron chi connectivity index (χ3n) is 23.0. The number of nitrogens with one attached hydrogen (secondary N) is 1. The monoisotopic (exact) mass is 1910 g/mol. The summed E-state index contributed by atoms with van der Waals surface area (Å²) in [6.07, 6.45) is 17.7. The summed E-state index contributed by atoms with van der Waals surface area (Å²) in [6, 6.07) is 29.4. The number of pyridine rings is 2. The molecule has 720 valence electrons. The Balaban J connectivity index is 0.000000537. The zero-order valence-corrected chi connectivity index (χ0v) is 82.7. The second-order valence-electron chi connectivity index (χ2n) is 33.6. The van der Waals surface area contributed by atoms with E-state index in [1.807, 2.05) is 132 Å². The Hall–Kier alpha value is -4.92. The van der Waals surface area contributed by atoms with Gasteiger partial charge in [0.2, 0.25) is 11.1 Å². The van der Waals surface area contributed by atoms with Crippen LogP contribution in [0.5, 0.6) is 0 Å². The predicted octanol–water partition coefficient (Wildman–Crippen LogP) is 14.7. The van der Waals surface area contributed by atoms with Gasteiger partial charge in [0.05, 0.1) is 74.9 Å². The first-order valence-electron chi connectivity index (χ1n) is 45.2. The van der Waals surface area contributed by atoms with Gasteiger partial charge in [-0.3, -0.25) is 19.3 Å². The van der Waals surface area contributed by atoms with Gasteiger partial charge in [0.1, 0.15) is 12.1 Å². The maximum atomic E-state index is 14.0. The van der Waals surface area contributed by atoms with Crippen LogP contribution < -0.4 is 24.2 Å². The number of carbonyl (C=O) groups is 6. The summed E-state index contributed by atoms with van der Waals surface area (Å²) in [5.74, 6) is -1.06. The molecule has 5 heterocycles. The summed E-state index contributed by atoms with van der Waals surface area (Å²) < 4.78 is 65.5. The molecule has 3 aromatic carbocycles. The molecule has 3 N–H and O–H groups in total. The van der Waals surface area contributed by atoms with Crippen molar-refractivity contribution in [2.75, 3.05) is 85.4 Å². The number of piperidine rings is 3. The Kier molecular flexibility index (Phi) is 57.4. The van der Waals surface area contributed by atoms with Crippen molar-refractivity contribution < 1.29 is 116 Å². The van der Waals surface area contributed by atoms with Gasteiger partial charge in [-0.2, -0.15) is 0 Å². The number of rotatable bonds is 37. The van der Waals surface area contributed by atoms with Crippen LogP contribution in [0.3, 0.4) is 0 Å². The molecule has 1 amide bonds. The minimum Gasteiger partial charge on any atom is -1.00 e. The summed E-state index contributed by atoms with van der Waals surface area (Å²) >= 11 is 28.2. The average molecular weight is 1920 g/mol. The number of hydrogen-bond donors (Lipinski definition) is 3. The molecule has 32 heteroatoms. The van der Waals surface area contributed by atoms with Crippen molar-refractivity contribution in [2.24, 2.45) is 17.8 Å². The largest absolute Gasteiger partial charge is 1.00 e. The van der Waals surface area contributed by atoms with Gasteiger partial charge in [-0.25, -0.2) is 24.4 Å². The summed E-state index contributed by atoms with van der Waals surface area (Å²) in [5, 5.41) is 24.2. The van der Waals surface area contributed by atoms with Crippen LogP contribution >= 0.6 is 58.0 Å². The molecule has 0 radical (unpaired) electrons. The van der Waals surface area contributed by atoms with Gasteiger partial charge in [-0.05, 0) is 278 Å². The van der Waals surface area contributed by atoms with Crippen LogP contribution in [0.15, 0.2) is 109 Å². The Morgan fingerprint density at radius 3 is 1.29 bits per heavy atom. The molecule has 3 saturated heterocycles. The number of benzene rings is 3. The van der Waals surface area contributed by atoms with E-state index >= 15 is 0 Å². The first-order valence-corrected chi connectivity index (χ1v) is 47.5. The van der Waals surface area contributed by atoms with E-state index in [9.17, 15) is 33.9 Å². The quantitative estimate of drug-likeness (QED) is 0.00831. The average Bonchev–Trinajstić information content (AvgIpc) is 0.739. The third kappa shape index (κ3) is 38.3. The number of esters is 4. The number of alkyl halides is 1. The zero-order chi connectivity index (χ0) is 93.8. The van der Waals surface area contributed by atoms with Crippen LogP contribution in [0.1, 0.15) is 257 Å². The van der Waals surface area contributed by atoms with Gasteiger partial charge in [0, 0.05) is 114 Å². The Bertz CT molecular complexity index is 4020. The molecule has 4 unspecified atom stereocenters. The Morgan fingerprint density at radius 2 is 0.876 bits per heavy atom.